The smallest absolute Gasteiger partial charge is 0.225 e. The summed E-state index contributed by atoms with van der Waals surface area (Å²) in [5.74, 6) is 0.924. The van der Waals surface area contributed by atoms with Crippen molar-refractivity contribution < 1.29 is 4.74 Å². The zero-order valence-corrected chi connectivity index (χ0v) is 22.1. The van der Waals surface area contributed by atoms with E-state index < -0.39 is 0 Å². The molecule has 5 heterocycles. The second-order valence-corrected chi connectivity index (χ2v) is 12.0. The van der Waals surface area contributed by atoms with E-state index >= 15 is 0 Å². The predicted octanol–water partition coefficient (Wildman–Crippen LogP) is 4.20. The van der Waals surface area contributed by atoms with Crippen molar-refractivity contribution in [3.05, 3.63) is 82.7 Å². The van der Waals surface area contributed by atoms with E-state index in [4.69, 9.17) is 14.7 Å². The zero-order chi connectivity index (χ0) is 25.0. The van der Waals surface area contributed by atoms with Crippen LogP contribution in [0.3, 0.4) is 0 Å². The average molecular weight is 496 g/mol. The summed E-state index contributed by atoms with van der Waals surface area (Å²) in [6.07, 6.45) is 5.64. The summed E-state index contributed by atoms with van der Waals surface area (Å²) >= 11 is 0. The van der Waals surface area contributed by atoms with Gasteiger partial charge in [-0.05, 0) is 68.6 Å². The third-order valence-corrected chi connectivity index (χ3v) is 9.37. The first kappa shape index (κ1) is 23.2. The zero-order valence-electron chi connectivity index (χ0n) is 22.1. The van der Waals surface area contributed by atoms with Crippen LogP contribution in [0.5, 0.6) is 0 Å². The summed E-state index contributed by atoms with van der Waals surface area (Å²) in [7, 11) is 2.25. The van der Waals surface area contributed by atoms with Crippen molar-refractivity contribution in [2.75, 3.05) is 62.8 Å². The second kappa shape index (κ2) is 8.81. The highest BCUT2D eigenvalue weighted by atomic mass is 16.5. The molecule has 3 aromatic rings. The topological polar surface area (TPSA) is 44.7 Å². The molecule has 6 nitrogen and oxygen atoms in total. The molecule has 7 rings (SSSR count). The van der Waals surface area contributed by atoms with Crippen LogP contribution in [0.2, 0.25) is 0 Å². The van der Waals surface area contributed by atoms with Gasteiger partial charge in [0, 0.05) is 43.5 Å². The van der Waals surface area contributed by atoms with Crippen molar-refractivity contribution in [2.24, 2.45) is 5.41 Å². The van der Waals surface area contributed by atoms with Gasteiger partial charge in [0.05, 0.1) is 30.9 Å². The largest absolute Gasteiger partial charge is 0.379 e. The Hall–Kier alpha value is -2.96. The number of fused-ring (bicyclic) bond motifs is 1. The van der Waals surface area contributed by atoms with Gasteiger partial charge in [-0.3, -0.25) is 0 Å². The number of hydrogen-bond donors (Lipinski definition) is 0. The number of nitrogens with zero attached hydrogens (tertiary/aromatic N) is 5. The monoisotopic (exact) mass is 495 g/mol. The maximum atomic E-state index is 5.72. The Balaban J connectivity index is 1.08. The fraction of sp³-hybridized carbons (Fsp3) is 0.484. The van der Waals surface area contributed by atoms with Gasteiger partial charge in [-0.25, -0.2) is 9.97 Å². The van der Waals surface area contributed by atoms with E-state index in [2.05, 4.69) is 83.4 Å². The lowest BCUT2D eigenvalue weighted by molar-refractivity contribution is -0.0379. The number of hydrogen-bond acceptors (Lipinski definition) is 6. The SMILES string of the molecule is Cc1ccc(C2(c3ccc(N4CCc5cnc(N6CCC7(CCN(C)C7)C6)nc5C4)cc3)COC2)cc1. The minimum absolute atomic E-state index is 0.0237. The summed E-state index contributed by atoms with van der Waals surface area (Å²) in [5.41, 5.74) is 8.15. The number of anilines is 2. The molecule has 1 spiro atoms. The number of benzene rings is 2. The van der Waals surface area contributed by atoms with Gasteiger partial charge in [-0.2, -0.15) is 0 Å². The number of ether oxygens (including phenoxy) is 1. The Morgan fingerprint density at radius 2 is 1.57 bits per heavy atom. The number of aromatic nitrogens is 2. The summed E-state index contributed by atoms with van der Waals surface area (Å²) in [4.78, 5) is 17.3. The first-order chi connectivity index (χ1) is 18.0. The molecule has 2 aromatic carbocycles. The van der Waals surface area contributed by atoms with E-state index in [1.807, 2.05) is 0 Å². The fourth-order valence-electron chi connectivity index (χ4n) is 6.93. The van der Waals surface area contributed by atoms with Crippen LogP contribution in [0, 0.1) is 12.3 Å². The molecule has 1 atom stereocenters. The minimum atomic E-state index is -0.0237. The molecule has 0 N–H and O–H groups in total. The molecule has 6 heteroatoms. The molecule has 1 unspecified atom stereocenters. The molecule has 4 aliphatic heterocycles. The fourth-order valence-corrected chi connectivity index (χ4v) is 6.93. The van der Waals surface area contributed by atoms with Crippen LogP contribution in [0.15, 0.2) is 54.7 Å². The van der Waals surface area contributed by atoms with Crippen LogP contribution in [0.4, 0.5) is 11.6 Å². The average Bonchev–Trinajstić information content (AvgIpc) is 3.49. The van der Waals surface area contributed by atoms with Crippen LogP contribution in [-0.4, -0.2) is 67.9 Å². The van der Waals surface area contributed by atoms with Crippen molar-refractivity contribution in [2.45, 2.75) is 38.1 Å². The third kappa shape index (κ3) is 4.02. The lowest BCUT2D eigenvalue weighted by atomic mass is 9.73. The predicted molar refractivity (Wildman–Crippen MR) is 147 cm³/mol. The summed E-state index contributed by atoms with van der Waals surface area (Å²) in [6, 6.07) is 18.1. The molecular weight excluding hydrogens is 458 g/mol. The lowest BCUT2D eigenvalue weighted by Crippen LogP contribution is -2.47. The van der Waals surface area contributed by atoms with E-state index in [9.17, 15) is 0 Å². The lowest BCUT2D eigenvalue weighted by Gasteiger charge is -2.43. The minimum Gasteiger partial charge on any atom is -0.379 e. The molecule has 3 saturated heterocycles. The normalized spacial score (nSPS) is 24.9. The van der Waals surface area contributed by atoms with Crippen molar-refractivity contribution in [1.82, 2.24) is 14.9 Å². The quantitative estimate of drug-likeness (QED) is 0.541. The van der Waals surface area contributed by atoms with E-state index in [0.717, 1.165) is 51.8 Å². The number of rotatable bonds is 4. The van der Waals surface area contributed by atoms with Gasteiger partial charge < -0.3 is 19.4 Å². The van der Waals surface area contributed by atoms with Gasteiger partial charge in [0.1, 0.15) is 0 Å². The number of aryl methyl sites for hydroxylation is 1. The van der Waals surface area contributed by atoms with Crippen LogP contribution < -0.4 is 9.80 Å². The maximum absolute atomic E-state index is 5.72. The van der Waals surface area contributed by atoms with Crippen molar-refractivity contribution in [3.8, 4) is 0 Å². The molecule has 192 valence electrons. The molecule has 0 amide bonds. The summed E-state index contributed by atoms with van der Waals surface area (Å²) < 4.78 is 5.72. The molecule has 4 aliphatic rings. The maximum Gasteiger partial charge on any atom is 0.225 e. The van der Waals surface area contributed by atoms with E-state index in [-0.39, 0.29) is 5.41 Å². The highest BCUT2D eigenvalue weighted by molar-refractivity contribution is 5.53. The molecular formula is C31H37N5O. The second-order valence-electron chi connectivity index (χ2n) is 12.0. The van der Waals surface area contributed by atoms with Crippen LogP contribution in [0.25, 0.3) is 0 Å². The van der Waals surface area contributed by atoms with Crippen molar-refractivity contribution >= 4 is 11.6 Å². The number of likely N-dealkylation sites (tertiary alicyclic amines) is 1. The first-order valence-electron chi connectivity index (χ1n) is 13.8. The van der Waals surface area contributed by atoms with Crippen LogP contribution in [0.1, 0.15) is 40.8 Å². The molecule has 0 aliphatic carbocycles. The van der Waals surface area contributed by atoms with E-state index in [1.165, 1.54) is 59.6 Å². The van der Waals surface area contributed by atoms with Gasteiger partial charge in [0.2, 0.25) is 5.95 Å². The van der Waals surface area contributed by atoms with Gasteiger partial charge in [-0.1, -0.05) is 42.0 Å². The van der Waals surface area contributed by atoms with Gasteiger partial charge in [0.25, 0.3) is 0 Å². The highest BCUT2D eigenvalue weighted by Gasteiger charge is 2.44. The molecule has 0 bridgehead atoms. The van der Waals surface area contributed by atoms with Gasteiger partial charge >= 0.3 is 0 Å². The van der Waals surface area contributed by atoms with Crippen LogP contribution >= 0.6 is 0 Å². The molecule has 1 aromatic heterocycles. The van der Waals surface area contributed by atoms with Crippen molar-refractivity contribution in [3.63, 3.8) is 0 Å². The summed E-state index contributed by atoms with van der Waals surface area (Å²) in [5, 5.41) is 0. The summed E-state index contributed by atoms with van der Waals surface area (Å²) in [6.45, 7) is 10.1. The van der Waals surface area contributed by atoms with Gasteiger partial charge in [-0.15, -0.1) is 0 Å². The highest BCUT2D eigenvalue weighted by Crippen LogP contribution is 2.41. The molecule has 37 heavy (non-hydrogen) atoms. The van der Waals surface area contributed by atoms with E-state index in [1.54, 1.807) is 0 Å². The molecule has 0 radical (unpaired) electrons. The van der Waals surface area contributed by atoms with E-state index in [0.29, 0.717) is 5.41 Å². The Morgan fingerprint density at radius 1 is 0.838 bits per heavy atom. The molecule has 3 fully saturated rings. The Bertz CT molecular complexity index is 1290. The third-order valence-electron chi connectivity index (χ3n) is 9.37. The van der Waals surface area contributed by atoms with Crippen LogP contribution in [-0.2, 0) is 23.1 Å². The Morgan fingerprint density at radius 3 is 2.24 bits per heavy atom. The Labute approximate surface area is 220 Å². The van der Waals surface area contributed by atoms with Gasteiger partial charge in [0.15, 0.2) is 0 Å². The first-order valence-corrected chi connectivity index (χ1v) is 13.8. The molecule has 0 saturated carbocycles. The Kier molecular flexibility index (Phi) is 5.52. The van der Waals surface area contributed by atoms with Crippen molar-refractivity contribution in [1.29, 1.82) is 0 Å². The standard InChI is InChI=1S/C31H37N5O/c1-23-3-5-25(6-4-23)31(21-37-22-31)26-7-9-27(10-8-26)35-14-11-24-17-32-29(33-28(24)18-35)36-16-13-30(20-36)12-15-34(2)19-30/h3-10,17H,11-16,18-22H2,1-2H3.